The van der Waals surface area contributed by atoms with Gasteiger partial charge in [0.25, 0.3) is 0 Å². The van der Waals surface area contributed by atoms with Crippen LogP contribution in [0, 0.1) is 0 Å². The molecule has 1 saturated heterocycles. The molecule has 1 aliphatic heterocycles. The Bertz CT molecular complexity index is 343. The second kappa shape index (κ2) is 5.92. The minimum atomic E-state index is 1.03. The molecule has 1 N–H and O–H groups in total. The van der Waals surface area contributed by atoms with Crippen molar-refractivity contribution in [2.24, 2.45) is 0 Å². The predicted molar refractivity (Wildman–Crippen MR) is 74.9 cm³/mol. The molecule has 3 heteroatoms. The van der Waals surface area contributed by atoms with Gasteiger partial charge < -0.3 is 15.1 Å². The lowest BCUT2D eigenvalue weighted by Gasteiger charge is -2.20. The van der Waals surface area contributed by atoms with Gasteiger partial charge in [-0.2, -0.15) is 0 Å². The summed E-state index contributed by atoms with van der Waals surface area (Å²) in [6.45, 7) is 4.74. The minimum absolute atomic E-state index is 1.03. The van der Waals surface area contributed by atoms with Crippen LogP contribution in [0.5, 0.6) is 0 Å². The zero-order valence-electron chi connectivity index (χ0n) is 10.9. The summed E-state index contributed by atoms with van der Waals surface area (Å²) < 4.78 is 0. The molecule has 1 heterocycles. The molecular formula is C14H23N3. The van der Waals surface area contributed by atoms with Gasteiger partial charge in [0.05, 0.1) is 11.4 Å². The van der Waals surface area contributed by atoms with Crippen molar-refractivity contribution in [1.82, 2.24) is 4.90 Å². The lowest BCUT2D eigenvalue weighted by atomic mass is 10.2. The average molecular weight is 233 g/mol. The summed E-state index contributed by atoms with van der Waals surface area (Å²) in [4.78, 5) is 4.68. The van der Waals surface area contributed by atoms with E-state index in [0.29, 0.717) is 0 Å². The van der Waals surface area contributed by atoms with Crippen molar-refractivity contribution in [3.63, 3.8) is 0 Å². The van der Waals surface area contributed by atoms with Crippen LogP contribution in [0.15, 0.2) is 24.3 Å². The first-order valence-corrected chi connectivity index (χ1v) is 6.50. The number of nitrogens with zero attached hydrogens (tertiary/aromatic N) is 2. The molecular weight excluding hydrogens is 210 g/mol. The molecule has 0 aromatic heterocycles. The van der Waals surface area contributed by atoms with Gasteiger partial charge in [-0.1, -0.05) is 12.1 Å². The number of rotatable bonds is 5. The molecule has 2 rings (SSSR count). The fourth-order valence-electron chi connectivity index (χ4n) is 2.37. The van der Waals surface area contributed by atoms with E-state index < -0.39 is 0 Å². The first-order chi connectivity index (χ1) is 8.27. The number of benzene rings is 1. The summed E-state index contributed by atoms with van der Waals surface area (Å²) >= 11 is 0. The standard InChI is InChI=1S/C14H23N3/c1-16(2)14-8-4-3-7-13(14)15-9-12-17-10-5-6-11-17/h3-4,7-8,15H,5-6,9-12H2,1-2H3. The molecule has 0 spiro atoms. The predicted octanol–water partition coefficient (Wildman–Crippen LogP) is 2.26. The molecule has 0 saturated carbocycles. The zero-order chi connectivity index (χ0) is 12.1. The maximum Gasteiger partial charge on any atom is 0.0596 e. The van der Waals surface area contributed by atoms with Crippen molar-refractivity contribution in [3.8, 4) is 0 Å². The Morgan fingerprint density at radius 3 is 2.59 bits per heavy atom. The summed E-state index contributed by atoms with van der Waals surface area (Å²) in [6, 6.07) is 8.48. The van der Waals surface area contributed by atoms with E-state index in [-0.39, 0.29) is 0 Å². The van der Waals surface area contributed by atoms with Crippen LogP contribution in [0.2, 0.25) is 0 Å². The van der Waals surface area contributed by atoms with Crippen molar-refractivity contribution < 1.29 is 0 Å². The van der Waals surface area contributed by atoms with Gasteiger partial charge in [-0.3, -0.25) is 0 Å². The summed E-state index contributed by atoms with van der Waals surface area (Å²) in [7, 11) is 4.17. The number of hydrogen-bond acceptors (Lipinski definition) is 3. The van der Waals surface area contributed by atoms with Crippen LogP contribution in [0.4, 0.5) is 11.4 Å². The average Bonchev–Trinajstić information content (AvgIpc) is 2.82. The Morgan fingerprint density at radius 1 is 1.18 bits per heavy atom. The van der Waals surface area contributed by atoms with Crippen molar-refractivity contribution in [2.75, 3.05) is 50.5 Å². The summed E-state index contributed by atoms with van der Waals surface area (Å²) in [5.41, 5.74) is 2.49. The van der Waals surface area contributed by atoms with Gasteiger partial charge in [0.2, 0.25) is 0 Å². The Morgan fingerprint density at radius 2 is 1.88 bits per heavy atom. The van der Waals surface area contributed by atoms with Crippen molar-refractivity contribution in [2.45, 2.75) is 12.8 Å². The number of anilines is 2. The van der Waals surface area contributed by atoms with Crippen LogP contribution in [0.1, 0.15) is 12.8 Å². The van der Waals surface area contributed by atoms with E-state index in [4.69, 9.17) is 0 Å². The normalized spacial score (nSPS) is 16.1. The third-order valence-corrected chi connectivity index (χ3v) is 3.33. The fraction of sp³-hybridized carbons (Fsp3) is 0.571. The molecule has 94 valence electrons. The molecule has 0 radical (unpaired) electrons. The smallest absolute Gasteiger partial charge is 0.0596 e. The Kier molecular flexibility index (Phi) is 4.26. The quantitative estimate of drug-likeness (QED) is 0.841. The van der Waals surface area contributed by atoms with Crippen LogP contribution in [-0.2, 0) is 0 Å². The zero-order valence-corrected chi connectivity index (χ0v) is 10.9. The molecule has 1 aliphatic rings. The topological polar surface area (TPSA) is 18.5 Å². The molecule has 0 aliphatic carbocycles. The van der Waals surface area contributed by atoms with Crippen LogP contribution >= 0.6 is 0 Å². The number of nitrogens with one attached hydrogen (secondary N) is 1. The van der Waals surface area contributed by atoms with Crippen LogP contribution in [0.3, 0.4) is 0 Å². The largest absolute Gasteiger partial charge is 0.382 e. The third kappa shape index (κ3) is 3.37. The van der Waals surface area contributed by atoms with E-state index >= 15 is 0 Å². The lowest BCUT2D eigenvalue weighted by molar-refractivity contribution is 0.353. The highest BCUT2D eigenvalue weighted by Gasteiger charge is 2.10. The maximum atomic E-state index is 3.54. The molecule has 0 atom stereocenters. The van der Waals surface area contributed by atoms with E-state index in [1.54, 1.807) is 0 Å². The fourth-order valence-corrected chi connectivity index (χ4v) is 2.37. The molecule has 1 aromatic rings. The monoisotopic (exact) mass is 233 g/mol. The Hall–Kier alpha value is -1.22. The van der Waals surface area contributed by atoms with E-state index in [0.717, 1.165) is 13.1 Å². The molecule has 3 nitrogen and oxygen atoms in total. The van der Waals surface area contributed by atoms with Crippen LogP contribution < -0.4 is 10.2 Å². The van der Waals surface area contributed by atoms with Gasteiger partial charge in [0, 0.05) is 27.2 Å². The molecule has 0 amide bonds. The molecule has 1 aromatic carbocycles. The van der Waals surface area contributed by atoms with E-state index in [2.05, 4.69) is 53.5 Å². The third-order valence-electron chi connectivity index (χ3n) is 3.33. The lowest BCUT2D eigenvalue weighted by Crippen LogP contribution is -2.26. The maximum absolute atomic E-state index is 3.54. The number of hydrogen-bond donors (Lipinski definition) is 1. The van der Waals surface area contributed by atoms with Gasteiger partial charge in [-0.25, -0.2) is 0 Å². The highest BCUT2D eigenvalue weighted by molar-refractivity contribution is 5.69. The summed E-state index contributed by atoms with van der Waals surface area (Å²) in [5, 5.41) is 3.54. The van der Waals surface area contributed by atoms with Gasteiger partial charge in [0.15, 0.2) is 0 Å². The minimum Gasteiger partial charge on any atom is -0.382 e. The van der Waals surface area contributed by atoms with Crippen molar-refractivity contribution in [3.05, 3.63) is 24.3 Å². The summed E-state index contributed by atoms with van der Waals surface area (Å²) in [6.07, 6.45) is 2.74. The van der Waals surface area contributed by atoms with E-state index in [1.165, 1.54) is 37.3 Å². The van der Waals surface area contributed by atoms with Gasteiger partial charge in [-0.05, 0) is 38.1 Å². The molecule has 17 heavy (non-hydrogen) atoms. The highest BCUT2D eigenvalue weighted by Crippen LogP contribution is 2.23. The van der Waals surface area contributed by atoms with Gasteiger partial charge in [-0.15, -0.1) is 0 Å². The van der Waals surface area contributed by atoms with Gasteiger partial charge in [0.1, 0.15) is 0 Å². The SMILES string of the molecule is CN(C)c1ccccc1NCCN1CCCC1. The Balaban J connectivity index is 1.85. The van der Waals surface area contributed by atoms with Crippen LogP contribution in [0.25, 0.3) is 0 Å². The second-order valence-corrected chi connectivity index (χ2v) is 4.89. The van der Waals surface area contributed by atoms with Crippen LogP contribution in [-0.4, -0.2) is 45.2 Å². The number of para-hydroxylation sites is 2. The van der Waals surface area contributed by atoms with E-state index in [1.807, 2.05) is 0 Å². The Labute approximate surface area is 104 Å². The molecule has 0 unspecified atom stereocenters. The first kappa shape index (κ1) is 12.2. The first-order valence-electron chi connectivity index (χ1n) is 6.50. The second-order valence-electron chi connectivity index (χ2n) is 4.89. The highest BCUT2D eigenvalue weighted by atomic mass is 15.2. The number of likely N-dealkylation sites (tertiary alicyclic amines) is 1. The molecule has 0 bridgehead atoms. The van der Waals surface area contributed by atoms with Crippen molar-refractivity contribution >= 4 is 11.4 Å². The summed E-state index contributed by atoms with van der Waals surface area (Å²) in [5.74, 6) is 0. The molecule has 1 fully saturated rings. The van der Waals surface area contributed by atoms with Crippen molar-refractivity contribution in [1.29, 1.82) is 0 Å². The van der Waals surface area contributed by atoms with Gasteiger partial charge >= 0.3 is 0 Å². The van der Waals surface area contributed by atoms with E-state index in [9.17, 15) is 0 Å².